The lowest BCUT2D eigenvalue weighted by molar-refractivity contribution is -0.136. The van der Waals surface area contributed by atoms with Gasteiger partial charge in [0, 0.05) is 18.5 Å². The lowest BCUT2D eigenvalue weighted by Gasteiger charge is -2.26. The van der Waals surface area contributed by atoms with E-state index in [1.165, 1.54) is 11.8 Å². The molecule has 0 N–H and O–H groups in total. The molecule has 3 rings (SSSR count). The molecule has 2 aromatic carbocycles. The number of halogens is 1. The topological polar surface area (TPSA) is 66.9 Å². The van der Waals surface area contributed by atoms with Crippen LogP contribution in [0.5, 0.6) is 5.75 Å². The molecule has 1 fully saturated rings. The predicted molar refractivity (Wildman–Crippen MR) is 106 cm³/mol. The third-order valence-electron chi connectivity index (χ3n) is 4.79. The van der Waals surface area contributed by atoms with Crippen molar-refractivity contribution >= 4 is 35.0 Å². The van der Waals surface area contributed by atoms with E-state index in [1.807, 2.05) is 12.1 Å². The van der Waals surface area contributed by atoms with Gasteiger partial charge in [-0.05, 0) is 48.4 Å². The van der Waals surface area contributed by atoms with Crippen molar-refractivity contribution in [2.24, 2.45) is 0 Å². The first-order valence-corrected chi connectivity index (χ1v) is 9.31. The Balaban J connectivity index is 1.75. The highest BCUT2D eigenvalue weighted by atomic mass is 35.5. The zero-order chi connectivity index (χ0) is 20.3. The van der Waals surface area contributed by atoms with Crippen LogP contribution in [0.2, 0.25) is 5.02 Å². The molecule has 1 aliphatic rings. The second-order valence-corrected chi connectivity index (χ2v) is 7.01. The van der Waals surface area contributed by atoms with E-state index in [-0.39, 0.29) is 24.1 Å². The van der Waals surface area contributed by atoms with E-state index in [0.717, 1.165) is 10.5 Å². The van der Waals surface area contributed by atoms with Crippen LogP contribution in [0.15, 0.2) is 48.5 Å². The SMILES string of the molecule is COc1ccc(N2C(=O)C[C@H](N(CCc3ccc(Cl)cc3)C(C)=O)C2=O)cc1. The van der Waals surface area contributed by atoms with Crippen LogP contribution in [0.3, 0.4) is 0 Å². The first-order valence-electron chi connectivity index (χ1n) is 8.93. The van der Waals surface area contributed by atoms with Gasteiger partial charge in [0.2, 0.25) is 11.8 Å². The molecule has 3 amide bonds. The van der Waals surface area contributed by atoms with Gasteiger partial charge < -0.3 is 9.64 Å². The predicted octanol–water partition coefficient (Wildman–Crippen LogP) is 3.07. The highest BCUT2D eigenvalue weighted by Gasteiger charge is 2.43. The number of amides is 3. The molecule has 1 saturated heterocycles. The molecular formula is C21H21ClN2O4. The van der Waals surface area contributed by atoms with Crippen molar-refractivity contribution in [3.05, 3.63) is 59.1 Å². The van der Waals surface area contributed by atoms with Crippen LogP contribution < -0.4 is 9.64 Å². The third kappa shape index (κ3) is 4.17. The Morgan fingerprint density at radius 3 is 2.36 bits per heavy atom. The Morgan fingerprint density at radius 2 is 1.79 bits per heavy atom. The number of hydrogen-bond acceptors (Lipinski definition) is 4. The minimum absolute atomic E-state index is 0.0228. The van der Waals surface area contributed by atoms with Crippen molar-refractivity contribution < 1.29 is 19.1 Å². The normalized spacial score (nSPS) is 16.4. The second kappa shape index (κ2) is 8.44. The van der Waals surface area contributed by atoms with Crippen LogP contribution in [0.1, 0.15) is 18.9 Å². The summed E-state index contributed by atoms with van der Waals surface area (Å²) < 4.78 is 5.11. The Bertz CT molecular complexity index is 880. The highest BCUT2D eigenvalue weighted by Crippen LogP contribution is 2.27. The summed E-state index contributed by atoms with van der Waals surface area (Å²) in [6.45, 7) is 1.76. The molecule has 0 aliphatic carbocycles. The van der Waals surface area contributed by atoms with E-state index in [0.29, 0.717) is 29.4 Å². The molecule has 1 aliphatic heterocycles. The van der Waals surface area contributed by atoms with Crippen LogP contribution >= 0.6 is 11.6 Å². The fourth-order valence-electron chi connectivity index (χ4n) is 3.30. The molecule has 0 aromatic heterocycles. The molecule has 0 radical (unpaired) electrons. The number of carbonyl (C=O) groups is 3. The molecule has 1 heterocycles. The maximum Gasteiger partial charge on any atom is 0.257 e. The number of methoxy groups -OCH3 is 1. The summed E-state index contributed by atoms with van der Waals surface area (Å²) in [6, 6.07) is 13.2. The summed E-state index contributed by atoms with van der Waals surface area (Å²) in [7, 11) is 1.54. The molecular weight excluding hydrogens is 380 g/mol. The van der Waals surface area contributed by atoms with E-state index in [9.17, 15) is 14.4 Å². The summed E-state index contributed by atoms with van der Waals surface area (Å²) in [5.41, 5.74) is 1.47. The van der Waals surface area contributed by atoms with Gasteiger partial charge in [0.1, 0.15) is 11.8 Å². The van der Waals surface area contributed by atoms with E-state index < -0.39 is 6.04 Å². The molecule has 2 aromatic rings. The van der Waals surface area contributed by atoms with Crippen molar-refractivity contribution in [3.63, 3.8) is 0 Å². The van der Waals surface area contributed by atoms with Crippen LogP contribution in [-0.2, 0) is 20.8 Å². The number of carbonyl (C=O) groups excluding carboxylic acids is 3. The number of nitrogens with zero attached hydrogens (tertiary/aromatic N) is 2. The van der Waals surface area contributed by atoms with E-state index in [4.69, 9.17) is 16.3 Å². The zero-order valence-corrected chi connectivity index (χ0v) is 16.5. The largest absolute Gasteiger partial charge is 0.497 e. The van der Waals surface area contributed by atoms with Gasteiger partial charge in [-0.3, -0.25) is 14.4 Å². The van der Waals surface area contributed by atoms with Crippen LogP contribution in [0.25, 0.3) is 0 Å². The first-order chi connectivity index (χ1) is 13.4. The van der Waals surface area contributed by atoms with E-state index in [2.05, 4.69) is 0 Å². The molecule has 0 unspecified atom stereocenters. The highest BCUT2D eigenvalue weighted by molar-refractivity contribution is 6.30. The number of benzene rings is 2. The average molecular weight is 401 g/mol. The lowest BCUT2D eigenvalue weighted by Crippen LogP contribution is -2.45. The number of rotatable bonds is 6. The monoisotopic (exact) mass is 400 g/mol. The van der Waals surface area contributed by atoms with Crippen molar-refractivity contribution in [1.29, 1.82) is 0 Å². The quantitative estimate of drug-likeness (QED) is 0.699. The standard InChI is InChI=1S/C21H21ClN2O4/c1-14(25)23(12-11-15-3-5-16(22)6-4-15)19-13-20(26)24(21(19)27)17-7-9-18(28-2)10-8-17/h3-10,19H,11-13H2,1-2H3/t19-/m0/s1. The van der Waals surface area contributed by atoms with Gasteiger partial charge in [0.05, 0.1) is 19.2 Å². The van der Waals surface area contributed by atoms with Gasteiger partial charge in [-0.25, -0.2) is 4.90 Å². The molecule has 1 atom stereocenters. The van der Waals surface area contributed by atoms with Crippen molar-refractivity contribution in [3.8, 4) is 5.75 Å². The Hall–Kier alpha value is -2.86. The molecule has 0 saturated carbocycles. The van der Waals surface area contributed by atoms with Crippen molar-refractivity contribution in [2.75, 3.05) is 18.6 Å². The first kappa shape index (κ1) is 19.9. The van der Waals surface area contributed by atoms with Gasteiger partial charge >= 0.3 is 0 Å². The van der Waals surface area contributed by atoms with Crippen LogP contribution in [-0.4, -0.2) is 42.3 Å². The number of ether oxygens (including phenoxy) is 1. The minimum atomic E-state index is -0.792. The summed E-state index contributed by atoms with van der Waals surface area (Å²) in [6.07, 6.45) is 0.544. The van der Waals surface area contributed by atoms with E-state index in [1.54, 1.807) is 43.5 Å². The smallest absolute Gasteiger partial charge is 0.257 e. The summed E-state index contributed by atoms with van der Waals surface area (Å²) >= 11 is 5.90. The van der Waals surface area contributed by atoms with Gasteiger partial charge in [0.25, 0.3) is 5.91 Å². The molecule has 6 nitrogen and oxygen atoms in total. The van der Waals surface area contributed by atoms with Crippen molar-refractivity contribution in [1.82, 2.24) is 4.90 Å². The molecule has 0 bridgehead atoms. The van der Waals surface area contributed by atoms with Gasteiger partial charge in [-0.15, -0.1) is 0 Å². The maximum atomic E-state index is 12.9. The third-order valence-corrected chi connectivity index (χ3v) is 5.04. The summed E-state index contributed by atoms with van der Waals surface area (Å²) in [5, 5.41) is 0.638. The summed E-state index contributed by atoms with van der Waals surface area (Å²) in [4.78, 5) is 40.2. The molecule has 7 heteroatoms. The Morgan fingerprint density at radius 1 is 1.14 bits per heavy atom. The Kier molecular flexibility index (Phi) is 5.99. The fraction of sp³-hybridized carbons (Fsp3) is 0.286. The number of hydrogen-bond donors (Lipinski definition) is 0. The van der Waals surface area contributed by atoms with Gasteiger partial charge in [0.15, 0.2) is 0 Å². The van der Waals surface area contributed by atoms with Crippen LogP contribution in [0, 0.1) is 0 Å². The molecule has 28 heavy (non-hydrogen) atoms. The Labute approximate surface area is 168 Å². The average Bonchev–Trinajstić information content (AvgIpc) is 2.97. The van der Waals surface area contributed by atoms with Crippen LogP contribution in [0.4, 0.5) is 5.69 Å². The molecule has 146 valence electrons. The fourth-order valence-corrected chi connectivity index (χ4v) is 3.42. The zero-order valence-electron chi connectivity index (χ0n) is 15.7. The molecule has 0 spiro atoms. The minimum Gasteiger partial charge on any atom is -0.497 e. The van der Waals surface area contributed by atoms with Crippen molar-refractivity contribution in [2.45, 2.75) is 25.8 Å². The number of anilines is 1. The number of imide groups is 1. The van der Waals surface area contributed by atoms with Gasteiger partial charge in [-0.2, -0.15) is 0 Å². The van der Waals surface area contributed by atoms with Gasteiger partial charge in [-0.1, -0.05) is 23.7 Å². The lowest BCUT2D eigenvalue weighted by atomic mass is 10.1. The second-order valence-electron chi connectivity index (χ2n) is 6.57. The van der Waals surface area contributed by atoms with E-state index >= 15 is 0 Å². The summed E-state index contributed by atoms with van der Waals surface area (Å²) in [5.74, 6) is -0.316. The maximum absolute atomic E-state index is 12.9.